The summed E-state index contributed by atoms with van der Waals surface area (Å²) >= 11 is 0. The smallest absolute Gasteiger partial charge is 0.258 e. The van der Waals surface area contributed by atoms with Gasteiger partial charge in [0.05, 0.1) is 6.10 Å². The first-order valence-electron chi connectivity index (χ1n) is 7.17. The SMILES string of the molecule is CCc1ccc(OCC(=O)NCC(O)CC(C)C)cc1. The molecule has 0 heterocycles. The number of aliphatic hydroxyl groups is 1. The van der Waals surface area contributed by atoms with Gasteiger partial charge in [0.1, 0.15) is 5.75 Å². The Hall–Kier alpha value is -1.55. The average Bonchev–Trinajstić information content (AvgIpc) is 2.42. The Balaban J connectivity index is 2.25. The molecule has 1 amide bonds. The highest BCUT2D eigenvalue weighted by Gasteiger charge is 2.09. The van der Waals surface area contributed by atoms with E-state index in [1.807, 2.05) is 38.1 Å². The van der Waals surface area contributed by atoms with E-state index < -0.39 is 6.10 Å². The summed E-state index contributed by atoms with van der Waals surface area (Å²) in [6.07, 6.45) is 1.16. The van der Waals surface area contributed by atoms with Gasteiger partial charge in [-0.2, -0.15) is 0 Å². The lowest BCUT2D eigenvalue weighted by atomic mass is 10.1. The normalized spacial score (nSPS) is 12.2. The molecule has 0 spiro atoms. The lowest BCUT2D eigenvalue weighted by molar-refractivity contribution is -0.123. The van der Waals surface area contributed by atoms with Gasteiger partial charge in [0.2, 0.25) is 0 Å². The van der Waals surface area contributed by atoms with Crippen LogP contribution in [0.4, 0.5) is 0 Å². The molecule has 0 aromatic heterocycles. The highest BCUT2D eigenvalue weighted by atomic mass is 16.5. The number of amides is 1. The van der Waals surface area contributed by atoms with Crippen molar-refractivity contribution in [3.8, 4) is 5.75 Å². The van der Waals surface area contributed by atoms with Crippen molar-refractivity contribution in [2.45, 2.75) is 39.7 Å². The van der Waals surface area contributed by atoms with Crippen molar-refractivity contribution in [1.82, 2.24) is 5.32 Å². The van der Waals surface area contributed by atoms with Crippen molar-refractivity contribution < 1.29 is 14.6 Å². The van der Waals surface area contributed by atoms with Gasteiger partial charge in [-0.05, 0) is 36.5 Å². The molecule has 1 aromatic carbocycles. The molecular weight excluding hydrogens is 254 g/mol. The molecule has 2 N–H and O–H groups in total. The maximum atomic E-state index is 11.6. The highest BCUT2D eigenvalue weighted by Crippen LogP contribution is 2.12. The summed E-state index contributed by atoms with van der Waals surface area (Å²) in [7, 11) is 0. The summed E-state index contributed by atoms with van der Waals surface area (Å²) in [6, 6.07) is 7.69. The number of aryl methyl sites for hydroxylation is 1. The van der Waals surface area contributed by atoms with Crippen molar-refractivity contribution in [2.75, 3.05) is 13.2 Å². The second kappa shape index (κ2) is 8.59. The van der Waals surface area contributed by atoms with Crippen molar-refractivity contribution in [3.63, 3.8) is 0 Å². The number of hydrogen-bond donors (Lipinski definition) is 2. The molecular formula is C16H25NO3. The molecule has 20 heavy (non-hydrogen) atoms. The van der Waals surface area contributed by atoms with E-state index in [0.717, 1.165) is 6.42 Å². The Morgan fingerprint density at radius 1 is 1.30 bits per heavy atom. The lowest BCUT2D eigenvalue weighted by Crippen LogP contribution is -2.35. The van der Waals surface area contributed by atoms with Gasteiger partial charge in [0.15, 0.2) is 6.61 Å². The molecule has 0 radical (unpaired) electrons. The van der Waals surface area contributed by atoms with Gasteiger partial charge in [-0.25, -0.2) is 0 Å². The van der Waals surface area contributed by atoms with Crippen molar-refractivity contribution in [1.29, 1.82) is 0 Å². The molecule has 0 aliphatic heterocycles. The Bertz CT molecular complexity index is 401. The minimum absolute atomic E-state index is 0.0279. The summed E-state index contributed by atoms with van der Waals surface area (Å²) in [5, 5.41) is 12.3. The number of benzene rings is 1. The maximum Gasteiger partial charge on any atom is 0.258 e. The molecule has 1 rings (SSSR count). The fraction of sp³-hybridized carbons (Fsp3) is 0.562. The monoisotopic (exact) mass is 279 g/mol. The largest absolute Gasteiger partial charge is 0.484 e. The Morgan fingerprint density at radius 3 is 2.50 bits per heavy atom. The summed E-state index contributed by atoms with van der Waals surface area (Å²) in [5.74, 6) is 0.877. The number of ether oxygens (including phenoxy) is 1. The zero-order valence-electron chi connectivity index (χ0n) is 12.6. The van der Waals surface area contributed by atoms with Crippen LogP contribution in [0.1, 0.15) is 32.8 Å². The molecule has 4 heteroatoms. The fourth-order valence-corrected chi connectivity index (χ4v) is 1.88. The van der Waals surface area contributed by atoms with Crippen LogP contribution in [-0.4, -0.2) is 30.3 Å². The Morgan fingerprint density at radius 2 is 1.95 bits per heavy atom. The van der Waals surface area contributed by atoms with Crippen LogP contribution in [-0.2, 0) is 11.2 Å². The first kappa shape index (κ1) is 16.5. The number of aliphatic hydroxyl groups excluding tert-OH is 1. The molecule has 1 atom stereocenters. The van der Waals surface area contributed by atoms with Gasteiger partial charge < -0.3 is 15.2 Å². The Labute approximate surface area is 121 Å². The van der Waals surface area contributed by atoms with Crippen LogP contribution in [0.25, 0.3) is 0 Å². The predicted molar refractivity (Wildman–Crippen MR) is 79.8 cm³/mol. The summed E-state index contributed by atoms with van der Waals surface area (Å²) < 4.78 is 5.39. The fourth-order valence-electron chi connectivity index (χ4n) is 1.88. The molecule has 0 fully saturated rings. The van der Waals surface area contributed by atoms with Gasteiger partial charge in [0, 0.05) is 6.54 Å². The lowest BCUT2D eigenvalue weighted by Gasteiger charge is -2.14. The molecule has 1 aromatic rings. The van der Waals surface area contributed by atoms with Crippen LogP contribution >= 0.6 is 0 Å². The molecule has 0 bridgehead atoms. The van der Waals surface area contributed by atoms with Gasteiger partial charge in [-0.1, -0.05) is 32.9 Å². The van der Waals surface area contributed by atoms with E-state index in [1.54, 1.807) is 0 Å². The van der Waals surface area contributed by atoms with Crippen molar-refractivity contribution in [3.05, 3.63) is 29.8 Å². The Kier molecular flexibility index (Phi) is 7.09. The molecule has 0 saturated carbocycles. The standard InChI is InChI=1S/C16H25NO3/c1-4-13-5-7-15(8-6-13)20-11-16(19)17-10-14(18)9-12(2)3/h5-8,12,14,18H,4,9-11H2,1-3H3,(H,17,19). The topological polar surface area (TPSA) is 58.6 Å². The number of carbonyl (C=O) groups excluding carboxylic acids is 1. The van der Waals surface area contributed by atoms with E-state index in [2.05, 4.69) is 12.2 Å². The summed E-state index contributed by atoms with van der Waals surface area (Å²) in [6.45, 7) is 6.41. The third-order valence-electron chi connectivity index (χ3n) is 2.98. The molecule has 1 unspecified atom stereocenters. The zero-order valence-corrected chi connectivity index (χ0v) is 12.6. The predicted octanol–water partition coefficient (Wildman–Crippen LogP) is 2.15. The first-order chi connectivity index (χ1) is 9.51. The third-order valence-corrected chi connectivity index (χ3v) is 2.98. The van der Waals surface area contributed by atoms with Gasteiger partial charge >= 0.3 is 0 Å². The molecule has 112 valence electrons. The molecule has 4 nitrogen and oxygen atoms in total. The maximum absolute atomic E-state index is 11.6. The minimum atomic E-state index is -0.497. The quantitative estimate of drug-likeness (QED) is 0.766. The van der Waals surface area contributed by atoms with Crippen LogP contribution in [0.5, 0.6) is 5.75 Å². The molecule has 0 saturated heterocycles. The van der Waals surface area contributed by atoms with Gasteiger partial charge in [-0.3, -0.25) is 4.79 Å². The van der Waals surface area contributed by atoms with E-state index in [9.17, 15) is 9.90 Å². The second-order valence-corrected chi connectivity index (χ2v) is 5.37. The van der Waals surface area contributed by atoms with Crippen LogP contribution in [0.3, 0.4) is 0 Å². The van der Waals surface area contributed by atoms with E-state index >= 15 is 0 Å². The van der Waals surface area contributed by atoms with E-state index in [1.165, 1.54) is 5.56 Å². The number of hydrogen-bond acceptors (Lipinski definition) is 3. The highest BCUT2D eigenvalue weighted by molar-refractivity contribution is 5.77. The third kappa shape index (κ3) is 6.57. The van der Waals surface area contributed by atoms with Crippen LogP contribution < -0.4 is 10.1 Å². The molecule has 0 aliphatic carbocycles. The minimum Gasteiger partial charge on any atom is -0.484 e. The van der Waals surface area contributed by atoms with Crippen LogP contribution in [0.15, 0.2) is 24.3 Å². The van der Waals surface area contributed by atoms with E-state index in [4.69, 9.17) is 4.74 Å². The van der Waals surface area contributed by atoms with Gasteiger partial charge in [0.25, 0.3) is 5.91 Å². The van der Waals surface area contributed by atoms with E-state index in [-0.39, 0.29) is 19.1 Å². The number of rotatable bonds is 8. The summed E-state index contributed by atoms with van der Waals surface area (Å²) in [4.78, 5) is 11.6. The number of carbonyl (C=O) groups is 1. The van der Waals surface area contributed by atoms with Crippen molar-refractivity contribution in [2.24, 2.45) is 5.92 Å². The van der Waals surface area contributed by atoms with E-state index in [0.29, 0.717) is 18.1 Å². The first-order valence-corrected chi connectivity index (χ1v) is 7.17. The van der Waals surface area contributed by atoms with Gasteiger partial charge in [-0.15, -0.1) is 0 Å². The second-order valence-electron chi connectivity index (χ2n) is 5.37. The van der Waals surface area contributed by atoms with Crippen LogP contribution in [0, 0.1) is 5.92 Å². The number of nitrogens with one attached hydrogen (secondary N) is 1. The van der Waals surface area contributed by atoms with Crippen LogP contribution in [0.2, 0.25) is 0 Å². The average molecular weight is 279 g/mol. The molecule has 0 aliphatic rings. The van der Waals surface area contributed by atoms with Crippen molar-refractivity contribution >= 4 is 5.91 Å². The summed E-state index contributed by atoms with van der Waals surface area (Å²) in [5.41, 5.74) is 1.23. The zero-order chi connectivity index (χ0) is 15.0.